The predicted molar refractivity (Wildman–Crippen MR) is 107 cm³/mol. The topological polar surface area (TPSA) is 44.8 Å². The highest BCUT2D eigenvalue weighted by molar-refractivity contribution is 6.30. The van der Waals surface area contributed by atoms with Crippen molar-refractivity contribution in [2.45, 2.75) is 32.4 Å². The van der Waals surface area contributed by atoms with Crippen molar-refractivity contribution in [3.8, 4) is 5.75 Å². The number of carbonyl (C=O) groups is 1. The molecule has 1 amide bonds. The van der Waals surface area contributed by atoms with Crippen LogP contribution >= 0.6 is 24.0 Å². The van der Waals surface area contributed by atoms with Gasteiger partial charge in [-0.05, 0) is 30.5 Å². The van der Waals surface area contributed by atoms with Crippen molar-refractivity contribution in [1.29, 1.82) is 0 Å². The average molecular weight is 402 g/mol. The van der Waals surface area contributed by atoms with E-state index in [2.05, 4.69) is 10.2 Å². The first kappa shape index (κ1) is 21.3. The molecule has 2 fully saturated rings. The predicted octanol–water partition coefficient (Wildman–Crippen LogP) is 2.67. The first-order chi connectivity index (χ1) is 12.0. The van der Waals surface area contributed by atoms with Crippen molar-refractivity contribution in [3.63, 3.8) is 0 Å². The van der Waals surface area contributed by atoms with E-state index in [1.807, 2.05) is 30.9 Å². The zero-order valence-corrected chi connectivity index (χ0v) is 17.1. The molecule has 7 heteroatoms. The van der Waals surface area contributed by atoms with Gasteiger partial charge in [0.1, 0.15) is 5.75 Å². The van der Waals surface area contributed by atoms with E-state index in [-0.39, 0.29) is 24.2 Å². The zero-order chi connectivity index (χ0) is 17.8. The number of piperazine rings is 1. The molecule has 2 heterocycles. The minimum absolute atomic E-state index is 0. The number of hydrogen-bond acceptors (Lipinski definition) is 4. The highest BCUT2D eigenvalue weighted by Crippen LogP contribution is 2.23. The molecule has 26 heavy (non-hydrogen) atoms. The maximum Gasteiger partial charge on any atom is 0.263 e. The van der Waals surface area contributed by atoms with Gasteiger partial charge in [0.25, 0.3) is 5.91 Å². The zero-order valence-electron chi connectivity index (χ0n) is 15.5. The number of halogens is 2. The van der Waals surface area contributed by atoms with Crippen molar-refractivity contribution in [2.24, 2.45) is 5.92 Å². The Morgan fingerprint density at radius 1 is 1.27 bits per heavy atom. The second-order valence-electron chi connectivity index (χ2n) is 7.25. The van der Waals surface area contributed by atoms with Crippen LogP contribution < -0.4 is 10.1 Å². The largest absolute Gasteiger partial charge is 0.480 e. The molecule has 0 radical (unpaired) electrons. The molecule has 0 aliphatic carbocycles. The van der Waals surface area contributed by atoms with Crippen LogP contribution in [-0.2, 0) is 4.79 Å². The highest BCUT2D eigenvalue weighted by Gasteiger charge is 2.36. The second-order valence-corrected chi connectivity index (χ2v) is 7.69. The highest BCUT2D eigenvalue weighted by atomic mass is 35.5. The third-order valence-electron chi connectivity index (χ3n) is 5.05. The molecule has 0 bridgehead atoms. The van der Waals surface area contributed by atoms with Gasteiger partial charge in [0.05, 0.1) is 0 Å². The van der Waals surface area contributed by atoms with Crippen molar-refractivity contribution >= 4 is 29.9 Å². The first-order valence-corrected chi connectivity index (χ1v) is 9.58. The summed E-state index contributed by atoms with van der Waals surface area (Å²) < 4.78 is 6.01. The number of benzene rings is 1. The Balaban J connectivity index is 0.00000243. The molecule has 0 saturated carbocycles. The maximum atomic E-state index is 13.0. The number of nitrogens with zero attached hydrogens (tertiary/aromatic N) is 2. The van der Waals surface area contributed by atoms with Gasteiger partial charge in [0.15, 0.2) is 6.10 Å². The van der Waals surface area contributed by atoms with Crippen LogP contribution in [0.1, 0.15) is 20.3 Å². The Kier molecular flexibility index (Phi) is 8.02. The molecular formula is C19H29Cl2N3O2. The van der Waals surface area contributed by atoms with Gasteiger partial charge < -0.3 is 15.0 Å². The number of hydrogen-bond donors (Lipinski definition) is 1. The Morgan fingerprint density at radius 2 is 2.00 bits per heavy atom. The molecule has 0 spiro atoms. The Hall–Kier alpha value is -1.01. The van der Waals surface area contributed by atoms with Crippen molar-refractivity contribution in [2.75, 3.05) is 39.3 Å². The van der Waals surface area contributed by atoms with E-state index in [0.29, 0.717) is 16.8 Å². The van der Waals surface area contributed by atoms with Gasteiger partial charge in [-0.25, -0.2) is 0 Å². The molecular weight excluding hydrogens is 373 g/mol. The van der Waals surface area contributed by atoms with Crippen LogP contribution in [0.25, 0.3) is 0 Å². The van der Waals surface area contributed by atoms with Crippen LogP contribution in [0.4, 0.5) is 0 Å². The molecule has 3 rings (SSSR count). The molecule has 146 valence electrons. The van der Waals surface area contributed by atoms with Crippen LogP contribution in [0.3, 0.4) is 0 Å². The fourth-order valence-corrected chi connectivity index (χ4v) is 3.81. The van der Waals surface area contributed by atoms with E-state index in [1.165, 1.54) is 0 Å². The third kappa shape index (κ3) is 5.26. The summed E-state index contributed by atoms with van der Waals surface area (Å²) >= 11 is 6.03. The molecule has 1 aromatic carbocycles. The van der Waals surface area contributed by atoms with Gasteiger partial charge in [-0.1, -0.05) is 31.5 Å². The van der Waals surface area contributed by atoms with Gasteiger partial charge in [-0.2, -0.15) is 0 Å². The molecule has 2 unspecified atom stereocenters. The normalized spacial score (nSPS) is 22.2. The maximum absolute atomic E-state index is 13.0. The summed E-state index contributed by atoms with van der Waals surface area (Å²) in [5.74, 6) is 0.842. The third-order valence-corrected chi connectivity index (χ3v) is 5.29. The van der Waals surface area contributed by atoms with Crippen molar-refractivity contribution in [3.05, 3.63) is 29.3 Å². The van der Waals surface area contributed by atoms with Crippen molar-refractivity contribution in [1.82, 2.24) is 15.1 Å². The fourth-order valence-electron chi connectivity index (χ4n) is 3.63. The van der Waals surface area contributed by atoms with E-state index < -0.39 is 6.10 Å². The van der Waals surface area contributed by atoms with E-state index in [4.69, 9.17) is 16.3 Å². The monoisotopic (exact) mass is 401 g/mol. The Labute approximate surface area is 167 Å². The van der Waals surface area contributed by atoms with Gasteiger partial charge >= 0.3 is 0 Å². The Morgan fingerprint density at radius 3 is 2.65 bits per heavy atom. The summed E-state index contributed by atoms with van der Waals surface area (Å²) in [7, 11) is 0. The van der Waals surface area contributed by atoms with Crippen LogP contribution in [0.5, 0.6) is 5.75 Å². The molecule has 0 aromatic heterocycles. The molecule has 1 N–H and O–H groups in total. The van der Waals surface area contributed by atoms with E-state index in [0.717, 1.165) is 45.7 Å². The standard InChI is InChI=1S/C19H28ClN3O2.ClH/c1-14(2)18(25-17-5-3-4-15(20)12-17)19(24)23-9-6-16(13-23)22-10-7-21-8-11-22;/h3-5,12,14,16,18,21H,6-11,13H2,1-2H3;1H. The van der Waals surface area contributed by atoms with Crippen LogP contribution in [0, 0.1) is 5.92 Å². The Bertz CT molecular complexity index is 594. The number of rotatable bonds is 5. The summed E-state index contributed by atoms with van der Waals surface area (Å²) in [6.45, 7) is 9.89. The average Bonchev–Trinajstić information content (AvgIpc) is 3.10. The van der Waals surface area contributed by atoms with E-state index in [9.17, 15) is 4.79 Å². The van der Waals surface area contributed by atoms with E-state index in [1.54, 1.807) is 12.1 Å². The quantitative estimate of drug-likeness (QED) is 0.823. The van der Waals surface area contributed by atoms with Crippen LogP contribution in [0.2, 0.25) is 5.02 Å². The van der Waals surface area contributed by atoms with Gasteiger partial charge in [0.2, 0.25) is 0 Å². The van der Waals surface area contributed by atoms with Crippen LogP contribution in [-0.4, -0.2) is 67.1 Å². The van der Waals surface area contributed by atoms with Gasteiger partial charge in [0, 0.05) is 50.3 Å². The number of ether oxygens (including phenoxy) is 1. The summed E-state index contributed by atoms with van der Waals surface area (Å²) in [5.41, 5.74) is 0. The lowest BCUT2D eigenvalue weighted by Crippen LogP contribution is -2.50. The summed E-state index contributed by atoms with van der Waals surface area (Å²) in [5, 5.41) is 4.00. The molecule has 5 nitrogen and oxygen atoms in total. The SMILES string of the molecule is CC(C)C(Oc1cccc(Cl)c1)C(=O)N1CCC(N2CCNCC2)C1.Cl. The molecule has 2 aliphatic heterocycles. The van der Waals surface area contributed by atoms with Gasteiger partial charge in [-0.3, -0.25) is 9.69 Å². The lowest BCUT2D eigenvalue weighted by molar-refractivity contribution is -0.139. The molecule has 2 saturated heterocycles. The van der Waals surface area contributed by atoms with Gasteiger partial charge in [-0.15, -0.1) is 12.4 Å². The minimum atomic E-state index is -0.472. The lowest BCUT2D eigenvalue weighted by atomic mass is 10.1. The van der Waals surface area contributed by atoms with Crippen LogP contribution in [0.15, 0.2) is 24.3 Å². The number of nitrogens with one attached hydrogen (secondary N) is 1. The lowest BCUT2D eigenvalue weighted by Gasteiger charge is -2.33. The molecule has 2 atom stereocenters. The molecule has 2 aliphatic rings. The summed E-state index contributed by atoms with van der Waals surface area (Å²) in [6, 6.07) is 7.74. The second kappa shape index (κ2) is 9.79. The number of likely N-dealkylation sites (tertiary alicyclic amines) is 1. The number of carbonyl (C=O) groups excluding carboxylic acids is 1. The first-order valence-electron chi connectivity index (χ1n) is 9.20. The summed E-state index contributed by atoms with van der Waals surface area (Å²) in [4.78, 5) is 17.5. The van der Waals surface area contributed by atoms with Crippen molar-refractivity contribution < 1.29 is 9.53 Å². The molecule has 1 aromatic rings. The summed E-state index contributed by atoms with van der Waals surface area (Å²) in [6.07, 6.45) is 0.577. The fraction of sp³-hybridized carbons (Fsp3) is 0.632. The van der Waals surface area contributed by atoms with E-state index >= 15 is 0 Å². The number of amides is 1. The smallest absolute Gasteiger partial charge is 0.263 e. The minimum Gasteiger partial charge on any atom is -0.480 e.